The van der Waals surface area contributed by atoms with Gasteiger partial charge in [-0.2, -0.15) is 0 Å². The summed E-state index contributed by atoms with van der Waals surface area (Å²) in [7, 11) is -3.33. The van der Waals surface area contributed by atoms with Crippen molar-refractivity contribution in [2.75, 3.05) is 10.7 Å². The van der Waals surface area contributed by atoms with Crippen LogP contribution in [0.4, 0.5) is 5.88 Å². The summed E-state index contributed by atoms with van der Waals surface area (Å²) in [5.41, 5.74) is 0. The van der Waals surface area contributed by atoms with Gasteiger partial charge in [0.05, 0.1) is 6.07 Å². The fraction of sp³-hybridized carbons (Fsp3) is 0.636. The average molecular weight is 463 g/mol. The third-order valence-corrected chi connectivity index (χ3v) is 6.46. The highest BCUT2D eigenvalue weighted by atomic mass is 79.9. The molecule has 1 heterocycles. The lowest BCUT2D eigenvalue weighted by atomic mass is 10.4. The molecule has 0 saturated heterocycles. The Labute approximate surface area is 145 Å². The molecule has 11 heteroatoms. The highest BCUT2D eigenvalue weighted by Gasteiger charge is 2.27. The van der Waals surface area contributed by atoms with Gasteiger partial charge in [-0.15, -0.1) is 0 Å². The van der Waals surface area contributed by atoms with Crippen LogP contribution in [0.25, 0.3) is 0 Å². The first kappa shape index (κ1) is 19.8. The Morgan fingerprint density at radius 3 is 2.27 bits per heavy atom. The molecule has 8 nitrogen and oxygen atoms in total. The van der Waals surface area contributed by atoms with Crippen molar-refractivity contribution in [1.29, 1.82) is 0 Å². The Morgan fingerprint density at radius 2 is 1.86 bits per heavy atom. The van der Waals surface area contributed by atoms with Crippen LogP contribution >= 0.6 is 39.5 Å². The standard InChI is InChI=1S/C11H18Br2N3O5P/c1-8(5-12)14-22(19,15-9(2)6-13)20-7-10-3-4-11(21-10)16(17)18/h3-4,8-9H,5-7H2,1-2H3,(H2,14,15,19)/t8-,9-/m1/s1. The fourth-order valence-corrected chi connectivity index (χ4v) is 4.16. The predicted molar refractivity (Wildman–Crippen MR) is 90.5 cm³/mol. The molecule has 1 rings (SSSR count). The van der Waals surface area contributed by atoms with E-state index in [-0.39, 0.29) is 30.3 Å². The number of alkyl halides is 2. The van der Waals surface area contributed by atoms with Crippen LogP contribution in [0.1, 0.15) is 19.6 Å². The average Bonchev–Trinajstić information content (AvgIpc) is 2.94. The molecule has 1 aromatic heterocycles. The molecule has 22 heavy (non-hydrogen) atoms. The van der Waals surface area contributed by atoms with Gasteiger partial charge in [-0.05, 0) is 19.9 Å². The summed E-state index contributed by atoms with van der Waals surface area (Å²) >= 11 is 6.59. The van der Waals surface area contributed by atoms with E-state index < -0.39 is 12.6 Å². The molecule has 2 N–H and O–H groups in total. The lowest BCUT2D eigenvalue weighted by Gasteiger charge is -2.25. The minimum atomic E-state index is -3.33. The number of halogens is 2. The summed E-state index contributed by atoms with van der Waals surface area (Å²) in [6.07, 6.45) is 0. The first-order valence-corrected chi connectivity index (χ1v) is 10.3. The fourth-order valence-electron chi connectivity index (χ4n) is 1.46. The van der Waals surface area contributed by atoms with E-state index in [4.69, 9.17) is 8.94 Å². The normalized spacial score (nSPS) is 14.7. The minimum Gasteiger partial charge on any atom is -0.403 e. The zero-order valence-corrected chi connectivity index (χ0v) is 16.2. The largest absolute Gasteiger partial charge is 0.433 e. The maximum absolute atomic E-state index is 12.8. The van der Waals surface area contributed by atoms with Crippen LogP contribution in [0.2, 0.25) is 0 Å². The van der Waals surface area contributed by atoms with Crippen LogP contribution in [0.3, 0.4) is 0 Å². The third-order valence-electron chi connectivity index (χ3n) is 2.46. The number of furan rings is 1. The minimum absolute atomic E-state index is 0.0909. The van der Waals surface area contributed by atoms with Crippen LogP contribution < -0.4 is 10.2 Å². The summed E-state index contributed by atoms with van der Waals surface area (Å²) in [5.74, 6) is -0.148. The van der Waals surface area contributed by atoms with Gasteiger partial charge in [-0.25, -0.2) is 10.2 Å². The van der Waals surface area contributed by atoms with Crippen molar-refractivity contribution >= 4 is 45.4 Å². The van der Waals surface area contributed by atoms with Gasteiger partial charge < -0.3 is 4.42 Å². The molecule has 0 aromatic carbocycles. The van der Waals surface area contributed by atoms with E-state index >= 15 is 0 Å². The molecule has 0 aliphatic carbocycles. The molecule has 1 aromatic rings. The van der Waals surface area contributed by atoms with Crippen molar-refractivity contribution in [1.82, 2.24) is 10.2 Å². The number of rotatable bonds is 10. The predicted octanol–water partition coefficient (Wildman–Crippen LogP) is 3.56. The second kappa shape index (κ2) is 9.14. The lowest BCUT2D eigenvalue weighted by molar-refractivity contribution is -0.402. The first-order valence-electron chi connectivity index (χ1n) is 6.45. The number of nitrogens with one attached hydrogen (secondary N) is 2. The van der Waals surface area contributed by atoms with Gasteiger partial charge in [0.25, 0.3) is 0 Å². The molecule has 0 aliphatic heterocycles. The van der Waals surface area contributed by atoms with Gasteiger partial charge in [-0.1, -0.05) is 31.9 Å². The number of nitrogens with zero attached hydrogens (tertiary/aromatic N) is 1. The molecule has 0 fully saturated rings. The number of nitro groups is 1. The summed E-state index contributed by atoms with van der Waals surface area (Å²) in [5, 5.41) is 17.5. The van der Waals surface area contributed by atoms with E-state index in [0.717, 1.165) is 0 Å². The van der Waals surface area contributed by atoms with Gasteiger partial charge in [0.2, 0.25) is 0 Å². The molecule has 0 bridgehead atoms. The molecule has 0 aliphatic rings. The van der Waals surface area contributed by atoms with Gasteiger partial charge in [0.15, 0.2) is 0 Å². The van der Waals surface area contributed by atoms with Crippen LogP contribution in [0.15, 0.2) is 16.5 Å². The van der Waals surface area contributed by atoms with Crippen molar-refractivity contribution in [3.63, 3.8) is 0 Å². The van der Waals surface area contributed by atoms with Crippen LogP contribution in [0.5, 0.6) is 0 Å². The molecule has 126 valence electrons. The number of hydrogen-bond donors (Lipinski definition) is 2. The number of hydrogen-bond acceptors (Lipinski definition) is 5. The lowest BCUT2D eigenvalue weighted by Crippen LogP contribution is -2.36. The van der Waals surface area contributed by atoms with Crippen LogP contribution in [-0.4, -0.2) is 27.7 Å². The Kier molecular flexibility index (Phi) is 8.23. The zero-order chi connectivity index (χ0) is 16.8. The summed E-state index contributed by atoms with van der Waals surface area (Å²) in [6.45, 7) is 3.56. The van der Waals surface area contributed by atoms with Crippen molar-refractivity contribution < 1.29 is 18.4 Å². The molecular weight excluding hydrogens is 445 g/mol. The van der Waals surface area contributed by atoms with Gasteiger partial charge in [0, 0.05) is 22.7 Å². The summed E-state index contributed by atoms with van der Waals surface area (Å²) < 4.78 is 23.2. The maximum Gasteiger partial charge on any atom is 0.433 e. The van der Waals surface area contributed by atoms with Crippen molar-refractivity contribution in [2.24, 2.45) is 0 Å². The van der Waals surface area contributed by atoms with E-state index in [1.807, 2.05) is 13.8 Å². The first-order chi connectivity index (χ1) is 10.3. The highest BCUT2D eigenvalue weighted by molar-refractivity contribution is 9.09. The van der Waals surface area contributed by atoms with E-state index in [9.17, 15) is 14.7 Å². The van der Waals surface area contributed by atoms with Crippen LogP contribution in [0, 0.1) is 10.1 Å². The highest BCUT2D eigenvalue weighted by Crippen LogP contribution is 2.40. The second-order valence-corrected chi connectivity index (χ2v) is 7.86. The van der Waals surface area contributed by atoms with Crippen molar-refractivity contribution in [2.45, 2.75) is 32.5 Å². The van der Waals surface area contributed by atoms with E-state index in [1.54, 1.807) is 0 Å². The van der Waals surface area contributed by atoms with E-state index in [1.165, 1.54) is 12.1 Å². The molecule has 2 atom stereocenters. The van der Waals surface area contributed by atoms with E-state index in [2.05, 4.69) is 42.0 Å². The van der Waals surface area contributed by atoms with Crippen molar-refractivity contribution in [3.8, 4) is 0 Å². The van der Waals surface area contributed by atoms with Crippen LogP contribution in [-0.2, 0) is 15.7 Å². The maximum atomic E-state index is 12.8. The Morgan fingerprint density at radius 1 is 1.32 bits per heavy atom. The molecule has 0 unspecified atom stereocenters. The Balaban J connectivity index is 2.74. The summed E-state index contributed by atoms with van der Waals surface area (Å²) in [6, 6.07) is 2.47. The topological polar surface area (TPSA) is 107 Å². The summed E-state index contributed by atoms with van der Waals surface area (Å²) in [4.78, 5) is 9.93. The van der Waals surface area contributed by atoms with Gasteiger partial charge in [-0.3, -0.25) is 19.2 Å². The SMILES string of the molecule is C[C@H](CBr)NP(=O)(N[C@H](C)CBr)OCc1ccc([N+](=O)[O-])o1. The molecule has 0 amide bonds. The van der Waals surface area contributed by atoms with Crippen molar-refractivity contribution in [3.05, 3.63) is 28.0 Å². The molecular formula is C11H18Br2N3O5P. The monoisotopic (exact) mass is 461 g/mol. The smallest absolute Gasteiger partial charge is 0.403 e. The molecule has 0 spiro atoms. The molecule has 0 saturated carbocycles. The van der Waals surface area contributed by atoms with Gasteiger partial charge in [0.1, 0.15) is 17.3 Å². The third kappa shape index (κ3) is 6.47. The quantitative estimate of drug-likeness (QED) is 0.237. The molecule has 0 radical (unpaired) electrons. The van der Waals surface area contributed by atoms with E-state index in [0.29, 0.717) is 10.7 Å². The Hall–Kier alpha value is -0.250. The van der Waals surface area contributed by atoms with Gasteiger partial charge >= 0.3 is 13.6 Å². The second-order valence-electron chi connectivity index (χ2n) is 4.69. The zero-order valence-electron chi connectivity index (χ0n) is 12.1. The Bertz CT molecular complexity index is 526.